The first-order chi connectivity index (χ1) is 9.45. The van der Waals surface area contributed by atoms with E-state index in [4.69, 9.17) is 5.11 Å². The van der Waals surface area contributed by atoms with E-state index in [2.05, 4.69) is 19.9 Å². The van der Waals surface area contributed by atoms with E-state index in [1.807, 2.05) is 6.92 Å². The Bertz CT molecular complexity index is 720. The fraction of sp³-hybridized carbons (Fsp3) is 0.333. The van der Waals surface area contributed by atoms with Crippen molar-refractivity contribution in [3.05, 3.63) is 23.4 Å². The average molecular weight is 317 g/mol. The molecule has 0 unspecified atom stereocenters. The smallest absolute Gasteiger partial charge is 0.356 e. The second-order valence-corrected chi connectivity index (χ2v) is 6.47. The lowest BCUT2D eigenvalue weighted by Gasteiger charge is -2.06. The number of nitrogens with zero attached hydrogens (tertiary/aromatic N) is 4. The van der Waals surface area contributed by atoms with Crippen LogP contribution in [0, 0.1) is 0 Å². The van der Waals surface area contributed by atoms with E-state index < -0.39 is 21.7 Å². The molecular weight excluding hydrogens is 306 g/mol. The Hall–Kier alpha value is -1.85. The molecule has 0 fully saturated rings. The number of sulfonamides is 1. The Morgan fingerprint density at radius 1 is 1.55 bits per heavy atom. The second kappa shape index (κ2) is 5.64. The van der Waals surface area contributed by atoms with E-state index in [0.717, 1.165) is 11.3 Å². The maximum Gasteiger partial charge on any atom is 0.356 e. The van der Waals surface area contributed by atoms with Crippen molar-refractivity contribution in [2.45, 2.75) is 24.2 Å². The van der Waals surface area contributed by atoms with E-state index in [1.54, 1.807) is 4.57 Å². The summed E-state index contributed by atoms with van der Waals surface area (Å²) in [4.78, 5) is 14.4. The first-order valence-electron chi connectivity index (χ1n) is 5.48. The van der Waals surface area contributed by atoms with Gasteiger partial charge < -0.3 is 9.67 Å². The molecule has 2 N–H and O–H groups in total. The van der Waals surface area contributed by atoms with Crippen LogP contribution in [0.5, 0.6) is 0 Å². The van der Waals surface area contributed by atoms with Gasteiger partial charge in [0.15, 0.2) is 9.90 Å². The zero-order valence-electron chi connectivity index (χ0n) is 10.3. The van der Waals surface area contributed by atoms with Crippen molar-refractivity contribution in [3.63, 3.8) is 0 Å². The van der Waals surface area contributed by atoms with Crippen LogP contribution in [0.1, 0.15) is 23.2 Å². The number of rotatable bonds is 6. The minimum atomic E-state index is -3.95. The van der Waals surface area contributed by atoms with Crippen LogP contribution in [0.15, 0.2) is 16.0 Å². The summed E-state index contributed by atoms with van der Waals surface area (Å²) in [7, 11) is -3.95. The number of carboxylic acid groups (broad SMARTS) is 1. The Morgan fingerprint density at radius 2 is 2.30 bits per heavy atom. The number of nitrogens with one attached hydrogen (secondary N) is 1. The van der Waals surface area contributed by atoms with Gasteiger partial charge in [-0.2, -0.15) is 0 Å². The van der Waals surface area contributed by atoms with Crippen LogP contribution in [0.25, 0.3) is 0 Å². The summed E-state index contributed by atoms with van der Waals surface area (Å²) in [6.07, 6.45) is 1.49. The lowest BCUT2D eigenvalue weighted by molar-refractivity contribution is 0.0687. The molecule has 0 aliphatic carbocycles. The Labute approximate surface area is 118 Å². The van der Waals surface area contributed by atoms with Gasteiger partial charge >= 0.3 is 5.97 Å². The number of hydrogen-bond acceptors (Lipinski definition) is 7. The van der Waals surface area contributed by atoms with Gasteiger partial charge in [0.2, 0.25) is 0 Å². The number of aryl methyl sites for hydroxylation is 1. The van der Waals surface area contributed by atoms with Crippen LogP contribution in [-0.2, 0) is 23.1 Å². The molecule has 0 radical (unpaired) electrons. The van der Waals surface area contributed by atoms with Gasteiger partial charge in [0.05, 0.1) is 12.1 Å². The number of aromatic nitrogens is 4. The molecule has 0 bridgehead atoms. The number of carbonyl (C=O) groups is 1. The van der Waals surface area contributed by atoms with E-state index in [9.17, 15) is 13.2 Å². The van der Waals surface area contributed by atoms with Crippen molar-refractivity contribution < 1.29 is 18.3 Å². The molecule has 2 aromatic rings. The van der Waals surface area contributed by atoms with Gasteiger partial charge in [-0.3, -0.25) is 0 Å². The largest absolute Gasteiger partial charge is 0.476 e. The maximum absolute atomic E-state index is 12.1. The molecule has 2 aromatic heterocycles. The fourth-order valence-electron chi connectivity index (χ4n) is 1.47. The Balaban J connectivity index is 2.20. The molecule has 0 saturated heterocycles. The molecule has 0 aliphatic heterocycles. The van der Waals surface area contributed by atoms with E-state index in [-0.39, 0.29) is 10.8 Å². The van der Waals surface area contributed by atoms with E-state index in [1.165, 1.54) is 11.8 Å². The van der Waals surface area contributed by atoms with Crippen molar-refractivity contribution in [3.8, 4) is 0 Å². The molecule has 2 rings (SSSR count). The lowest BCUT2D eigenvalue weighted by atomic mass is 10.5. The Kier molecular flexibility index (Phi) is 4.11. The summed E-state index contributed by atoms with van der Waals surface area (Å²) in [6, 6.07) is 0. The van der Waals surface area contributed by atoms with Gasteiger partial charge in [-0.1, -0.05) is 0 Å². The van der Waals surface area contributed by atoms with Gasteiger partial charge in [-0.15, -0.1) is 21.5 Å². The maximum atomic E-state index is 12.1. The van der Waals surface area contributed by atoms with Gasteiger partial charge in [0.1, 0.15) is 12.2 Å². The first-order valence-corrected chi connectivity index (χ1v) is 7.85. The topological polar surface area (TPSA) is 127 Å². The summed E-state index contributed by atoms with van der Waals surface area (Å²) in [5.74, 6) is -0.944. The SMILES string of the molecule is CCn1cnnc1CNS(=O)(=O)c1scnc1C(=O)O. The number of hydrogen-bond donors (Lipinski definition) is 2. The standard InChI is InChI=1S/C9H11N5O4S2/c1-2-14-4-11-13-6(14)3-12-20(17,18)9-7(8(15)16)10-5-19-9/h4-5,12H,2-3H2,1H3,(H,15,16). The van der Waals surface area contributed by atoms with Gasteiger partial charge in [0, 0.05) is 6.54 Å². The van der Waals surface area contributed by atoms with Crippen molar-refractivity contribution >= 4 is 27.3 Å². The molecular formula is C9H11N5O4S2. The second-order valence-electron chi connectivity index (χ2n) is 3.65. The summed E-state index contributed by atoms with van der Waals surface area (Å²) in [5.41, 5.74) is 0.687. The lowest BCUT2D eigenvalue weighted by Crippen LogP contribution is -2.25. The van der Waals surface area contributed by atoms with Crippen LogP contribution in [-0.4, -0.2) is 39.2 Å². The molecule has 108 valence electrons. The molecule has 0 atom stereocenters. The third-order valence-electron chi connectivity index (χ3n) is 2.44. The van der Waals surface area contributed by atoms with Gasteiger partial charge in [-0.25, -0.2) is 22.9 Å². The van der Waals surface area contributed by atoms with Crippen LogP contribution in [0.3, 0.4) is 0 Å². The Morgan fingerprint density at radius 3 is 2.95 bits per heavy atom. The summed E-state index contributed by atoms with van der Waals surface area (Å²) >= 11 is 0.747. The van der Waals surface area contributed by atoms with Gasteiger partial charge in [0.25, 0.3) is 10.0 Å². The zero-order chi connectivity index (χ0) is 14.8. The molecule has 11 heteroatoms. The summed E-state index contributed by atoms with van der Waals surface area (Å²) < 4.78 is 27.7. The molecule has 0 saturated carbocycles. The van der Waals surface area contributed by atoms with Gasteiger partial charge in [-0.05, 0) is 6.92 Å². The molecule has 0 aromatic carbocycles. The molecule has 0 aliphatic rings. The van der Waals surface area contributed by atoms with Crippen molar-refractivity contribution in [1.82, 2.24) is 24.5 Å². The molecule has 20 heavy (non-hydrogen) atoms. The summed E-state index contributed by atoms with van der Waals surface area (Å²) in [5, 5.41) is 16.3. The first kappa shape index (κ1) is 14.6. The predicted molar refractivity (Wildman–Crippen MR) is 68.8 cm³/mol. The molecule has 9 nitrogen and oxygen atoms in total. The quantitative estimate of drug-likeness (QED) is 0.763. The van der Waals surface area contributed by atoms with Crippen LogP contribution in [0.4, 0.5) is 0 Å². The third-order valence-corrected chi connectivity index (χ3v) is 5.21. The fourth-order valence-corrected chi connectivity index (χ4v) is 3.64. The average Bonchev–Trinajstić information content (AvgIpc) is 3.05. The van der Waals surface area contributed by atoms with E-state index in [0.29, 0.717) is 12.4 Å². The monoisotopic (exact) mass is 317 g/mol. The third kappa shape index (κ3) is 2.84. The highest BCUT2D eigenvalue weighted by atomic mass is 32.2. The van der Waals surface area contributed by atoms with Crippen molar-refractivity contribution in [2.24, 2.45) is 0 Å². The minimum Gasteiger partial charge on any atom is -0.476 e. The predicted octanol–water partition coefficient (Wildman–Crippen LogP) is -0.0688. The highest BCUT2D eigenvalue weighted by Gasteiger charge is 2.25. The summed E-state index contributed by atoms with van der Waals surface area (Å²) in [6.45, 7) is 2.39. The van der Waals surface area contributed by atoms with Crippen LogP contribution < -0.4 is 4.72 Å². The molecule has 2 heterocycles. The highest BCUT2D eigenvalue weighted by molar-refractivity contribution is 7.91. The minimum absolute atomic E-state index is 0.0763. The van der Waals surface area contributed by atoms with Crippen LogP contribution in [0.2, 0.25) is 0 Å². The molecule has 0 amide bonds. The highest BCUT2D eigenvalue weighted by Crippen LogP contribution is 2.19. The van der Waals surface area contributed by atoms with Crippen molar-refractivity contribution in [1.29, 1.82) is 0 Å². The number of carboxylic acids is 1. The van der Waals surface area contributed by atoms with Crippen molar-refractivity contribution in [2.75, 3.05) is 0 Å². The molecule has 0 spiro atoms. The zero-order valence-corrected chi connectivity index (χ0v) is 12.0. The normalized spacial score (nSPS) is 11.7. The van der Waals surface area contributed by atoms with E-state index >= 15 is 0 Å². The number of aromatic carboxylic acids is 1. The van der Waals surface area contributed by atoms with Crippen LogP contribution >= 0.6 is 11.3 Å². The number of thiazole rings is 1.